The van der Waals surface area contributed by atoms with Crippen LogP contribution < -0.4 is 10.2 Å². The second kappa shape index (κ2) is 9.59. The Morgan fingerprint density at radius 1 is 1.00 bits per heavy atom. The van der Waals surface area contributed by atoms with Crippen molar-refractivity contribution in [2.45, 2.75) is 51.7 Å². The number of aromatic amines is 1. The zero-order chi connectivity index (χ0) is 26.4. The smallest absolute Gasteiger partial charge is 0.251 e. The van der Waals surface area contributed by atoms with Crippen molar-refractivity contribution in [3.8, 4) is 11.3 Å². The van der Waals surface area contributed by atoms with Crippen LogP contribution in [0, 0.1) is 5.92 Å². The van der Waals surface area contributed by atoms with Crippen molar-refractivity contribution in [1.29, 1.82) is 0 Å². The van der Waals surface area contributed by atoms with E-state index in [2.05, 4.69) is 96.6 Å². The summed E-state index contributed by atoms with van der Waals surface area (Å²) in [6.45, 7) is 11.5. The summed E-state index contributed by atoms with van der Waals surface area (Å²) in [7, 11) is 0. The number of nitrogens with zero attached hydrogens (tertiary/aromatic N) is 2. The SMILES string of the molecule is CC(C)c1ccccc1[C@@H](NC(=O)c1ccc2[nH]nc(-c3ccc(N4CC5(CCO5)C4)cc3)c2c1)C(C)C. The van der Waals surface area contributed by atoms with E-state index in [0.29, 0.717) is 11.5 Å². The zero-order valence-corrected chi connectivity index (χ0v) is 22.6. The summed E-state index contributed by atoms with van der Waals surface area (Å²) in [5.41, 5.74) is 7.21. The summed E-state index contributed by atoms with van der Waals surface area (Å²) in [6, 6.07) is 22.7. The van der Waals surface area contributed by atoms with Gasteiger partial charge >= 0.3 is 0 Å². The van der Waals surface area contributed by atoms with E-state index in [-0.39, 0.29) is 23.5 Å². The first-order chi connectivity index (χ1) is 18.3. The van der Waals surface area contributed by atoms with Crippen LogP contribution in [0.15, 0.2) is 66.7 Å². The van der Waals surface area contributed by atoms with E-state index in [0.717, 1.165) is 41.9 Å². The predicted molar refractivity (Wildman–Crippen MR) is 153 cm³/mol. The van der Waals surface area contributed by atoms with Crippen LogP contribution in [-0.2, 0) is 4.74 Å². The van der Waals surface area contributed by atoms with E-state index < -0.39 is 0 Å². The van der Waals surface area contributed by atoms with Gasteiger partial charge in [0.05, 0.1) is 23.9 Å². The molecule has 2 saturated heterocycles. The molecule has 0 aliphatic carbocycles. The van der Waals surface area contributed by atoms with E-state index in [9.17, 15) is 4.79 Å². The second-order valence-electron chi connectivity index (χ2n) is 11.5. The van der Waals surface area contributed by atoms with Crippen molar-refractivity contribution in [3.05, 3.63) is 83.4 Å². The summed E-state index contributed by atoms with van der Waals surface area (Å²) in [5.74, 6) is 0.564. The summed E-state index contributed by atoms with van der Waals surface area (Å²) in [4.78, 5) is 15.9. The first kappa shape index (κ1) is 24.7. The number of benzene rings is 3. The third kappa shape index (κ3) is 4.37. The van der Waals surface area contributed by atoms with Crippen molar-refractivity contribution in [1.82, 2.24) is 15.5 Å². The normalized spacial score (nSPS) is 17.1. The third-order valence-corrected chi connectivity index (χ3v) is 8.16. The first-order valence-corrected chi connectivity index (χ1v) is 13.7. The molecule has 1 aromatic heterocycles. The average Bonchev–Trinajstić information content (AvgIpc) is 3.29. The van der Waals surface area contributed by atoms with Gasteiger partial charge < -0.3 is 15.0 Å². The molecule has 3 heterocycles. The number of amides is 1. The first-order valence-electron chi connectivity index (χ1n) is 13.7. The Labute approximate surface area is 224 Å². The number of hydrogen-bond acceptors (Lipinski definition) is 4. The van der Waals surface area contributed by atoms with Gasteiger partial charge in [-0.3, -0.25) is 9.89 Å². The van der Waals surface area contributed by atoms with E-state index >= 15 is 0 Å². The number of nitrogens with one attached hydrogen (secondary N) is 2. The van der Waals surface area contributed by atoms with Gasteiger partial charge in [-0.2, -0.15) is 5.10 Å². The molecule has 0 unspecified atom stereocenters. The highest BCUT2D eigenvalue weighted by Crippen LogP contribution is 2.39. The third-order valence-electron chi connectivity index (χ3n) is 8.16. The molecular formula is C32H36N4O2. The summed E-state index contributed by atoms with van der Waals surface area (Å²) >= 11 is 0. The Kier molecular flexibility index (Phi) is 6.23. The second-order valence-corrected chi connectivity index (χ2v) is 11.5. The van der Waals surface area contributed by atoms with Crippen molar-refractivity contribution in [2.75, 3.05) is 24.6 Å². The highest BCUT2D eigenvalue weighted by atomic mass is 16.5. The van der Waals surface area contributed by atoms with Gasteiger partial charge in [0.1, 0.15) is 5.60 Å². The molecule has 1 atom stereocenters. The van der Waals surface area contributed by atoms with Gasteiger partial charge in [-0.15, -0.1) is 0 Å². The van der Waals surface area contributed by atoms with Crippen molar-refractivity contribution in [3.63, 3.8) is 0 Å². The van der Waals surface area contributed by atoms with Gasteiger partial charge in [0.2, 0.25) is 0 Å². The molecule has 6 nitrogen and oxygen atoms in total. The molecule has 2 N–H and O–H groups in total. The Balaban J connectivity index is 1.24. The maximum absolute atomic E-state index is 13.5. The van der Waals surface area contributed by atoms with Crippen LogP contribution in [0.2, 0.25) is 0 Å². The van der Waals surface area contributed by atoms with E-state index in [1.807, 2.05) is 18.2 Å². The quantitative estimate of drug-likeness (QED) is 0.301. The maximum atomic E-state index is 13.5. The van der Waals surface area contributed by atoms with Crippen LogP contribution >= 0.6 is 0 Å². The van der Waals surface area contributed by atoms with Gasteiger partial charge in [-0.1, -0.05) is 64.1 Å². The number of hydrogen-bond donors (Lipinski definition) is 2. The lowest BCUT2D eigenvalue weighted by molar-refractivity contribution is -0.160. The van der Waals surface area contributed by atoms with Gasteiger partial charge in [-0.05, 0) is 53.3 Å². The van der Waals surface area contributed by atoms with Crippen molar-refractivity contribution in [2.24, 2.45) is 5.92 Å². The molecule has 6 heteroatoms. The van der Waals surface area contributed by atoms with Crippen LogP contribution in [0.1, 0.15) is 67.6 Å². The van der Waals surface area contributed by atoms with Gasteiger partial charge in [0, 0.05) is 41.7 Å². The topological polar surface area (TPSA) is 70.2 Å². The molecule has 196 valence electrons. The zero-order valence-electron chi connectivity index (χ0n) is 22.6. The molecule has 0 bridgehead atoms. The molecule has 1 amide bonds. The maximum Gasteiger partial charge on any atom is 0.251 e. The van der Waals surface area contributed by atoms with E-state index in [4.69, 9.17) is 4.74 Å². The number of ether oxygens (including phenoxy) is 1. The van der Waals surface area contributed by atoms with Crippen LogP contribution in [0.25, 0.3) is 22.2 Å². The van der Waals surface area contributed by atoms with Gasteiger partial charge in [0.25, 0.3) is 5.91 Å². The monoisotopic (exact) mass is 508 g/mol. The number of carbonyl (C=O) groups excluding carboxylic acids is 1. The van der Waals surface area contributed by atoms with Crippen molar-refractivity contribution < 1.29 is 9.53 Å². The van der Waals surface area contributed by atoms with Crippen LogP contribution in [0.5, 0.6) is 0 Å². The molecule has 1 spiro atoms. The lowest BCUT2D eigenvalue weighted by atomic mass is 9.86. The fourth-order valence-corrected chi connectivity index (χ4v) is 5.83. The summed E-state index contributed by atoms with van der Waals surface area (Å²) in [5, 5.41) is 12.0. The Morgan fingerprint density at radius 3 is 2.34 bits per heavy atom. The summed E-state index contributed by atoms with van der Waals surface area (Å²) < 4.78 is 5.76. The van der Waals surface area contributed by atoms with Crippen LogP contribution in [0.3, 0.4) is 0 Å². The van der Waals surface area contributed by atoms with Crippen molar-refractivity contribution >= 4 is 22.5 Å². The van der Waals surface area contributed by atoms with Crippen LogP contribution in [-0.4, -0.2) is 41.4 Å². The molecule has 2 fully saturated rings. The minimum atomic E-state index is -0.0726. The number of anilines is 1. The molecular weight excluding hydrogens is 472 g/mol. The fourth-order valence-electron chi connectivity index (χ4n) is 5.83. The number of carbonyl (C=O) groups is 1. The number of fused-ring (bicyclic) bond motifs is 1. The molecule has 2 aliphatic rings. The number of rotatable bonds is 7. The Hall–Kier alpha value is -3.64. The molecule has 2 aliphatic heterocycles. The van der Waals surface area contributed by atoms with Gasteiger partial charge in [0.15, 0.2) is 0 Å². The molecule has 38 heavy (non-hydrogen) atoms. The predicted octanol–water partition coefficient (Wildman–Crippen LogP) is 6.46. The molecule has 0 radical (unpaired) electrons. The Bertz CT molecular complexity index is 1460. The molecule has 3 aromatic carbocycles. The minimum Gasteiger partial charge on any atom is -0.371 e. The highest BCUT2D eigenvalue weighted by Gasteiger charge is 2.49. The van der Waals surface area contributed by atoms with Crippen LogP contribution in [0.4, 0.5) is 5.69 Å². The molecule has 6 rings (SSSR count). The number of aromatic nitrogens is 2. The fraction of sp³-hybridized carbons (Fsp3) is 0.375. The Morgan fingerprint density at radius 2 is 1.71 bits per heavy atom. The molecule has 4 aromatic rings. The van der Waals surface area contributed by atoms with E-state index in [1.54, 1.807) is 0 Å². The highest BCUT2D eigenvalue weighted by molar-refractivity contribution is 6.01. The summed E-state index contributed by atoms with van der Waals surface area (Å²) in [6.07, 6.45) is 1.17. The lowest BCUT2D eigenvalue weighted by Crippen LogP contribution is -2.68. The average molecular weight is 509 g/mol. The largest absolute Gasteiger partial charge is 0.371 e. The lowest BCUT2D eigenvalue weighted by Gasteiger charge is -2.56. The minimum absolute atomic E-state index is 0.0702. The standard InChI is InChI=1S/C32H36N4O2/c1-20(2)25-7-5-6-8-26(25)29(21(3)4)33-31(37)23-11-14-28-27(17-23)30(35-34-28)22-9-12-24(13-10-22)36-18-32(19-36)15-16-38-32/h5-14,17,20-21,29H,15-16,18-19H2,1-4H3,(H,33,37)(H,34,35)/t29-/m0/s1. The van der Waals surface area contributed by atoms with Gasteiger partial charge in [-0.25, -0.2) is 0 Å². The van der Waals surface area contributed by atoms with E-state index in [1.165, 1.54) is 23.2 Å². The number of H-pyrrole nitrogens is 1. The molecule has 0 saturated carbocycles.